The zero-order valence-electron chi connectivity index (χ0n) is 32.1. The van der Waals surface area contributed by atoms with Gasteiger partial charge in [-0.1, -0.05) is 134 Å². The van der Waals surface area contributed by atoms with Gasteiger partial charge < -0.3 is 39.4 Å². The van der Waals surface area contributed by atoms with Crippen LogP contribution in [0.5, 0.6) is 0 Å². The lowest BCUT2D eigenvalue weighted by atomic mass is 9.99. The molecule has 0 saturated carbocycles. The van der Waals surface area contributed by atoms with Crippen LogP contribution >= 0.6 is 0 Å². The lowest BCUT2D eigenvalue weighted by molar-refractivity contribution is -0.305. The number of aliphatic hydroxyl groups excluding tert-OH is 4. The van der Waals surface area contributed by atoms with Crippen molar-refractivity contribution in [3.63, 3.8) is 0 Å². The Morgan fingerprint density at radius 2 is 1.10 bits per heavy atom. The molecule has 1 saturated heterocycles. The third kappa shape index (κ3) is 24.9. The van der Waals surface area contributed by atoms with Crippen molar-refractivity contribution in [3.05, 3.63) is 24.3 Å². The third-order valence-corrected chi connectivity index (χ3v) is 9.34. The van der Waals surface area contributed by atoms with Gasteiger partial charge in [0.05, 0.1) is 13.2 Å². The summed E-state index contributed by atoms with van der Waals surface area (Å²) in [4.78, 5) is 25.2. The highest BCUT2D eigenvalue weighted by molar-refractivity contribution is 5.70. The number of ether oxygens (including phenoxy) is 4. The van der Waals surface area contributed by atoms with E-state index in [1.54, 1.807) is 0 Å². The fraction of sp³-hybridized carbons (Fsp3) is 0.854. The summed E-state index contributed by atoms with van der Waals surface area (Å²) >= 11 is 0. The first-order valence-corrected chi connectivity index (χ1v) is 20.4. The summed E-state index contributed by atoms with van der Waals surface area (Å²) < 4.78 is 22.0. The van der Waals surface area contributed by atoms with Crippen LogP contribution in [0.3, 0.4) is 0 Å². The highest BCUT2D eigenvalue weighted by Gasteiger charge is 2.44. The summed E-state index contributed by atoms with van der Waals surface area (Å²) in [5, 5.41) is 39.9. The molecule has 6 atom stereocenters. The summed E-state index contributed by atoms with van der Waals surface area (Å²) in [5.41, 5.74) is 0. The van der Waals surface area contributed by atoms with Crippen LogP contribution in [-0.2, 0) is 28.5 Å². The molecule has 298 valence electrons. The highest BCUT2D eigenvalue weighted by Crippen LogP contribution is 2.22. The van der Waals surface area contributed by atoms with Crippen LogP contribution in [0.15, 0.2) is 24.3 Å². The zero-order valence-corrected chi connectivity index (χ0v) is 32.1. The lowest BCUT2D eigenvalue weighted by Crippen LogP contribution is -2.59. The van der Waals surface area contributed by atoms with Crippen LogP contribution in [-0.4, -0.2) is 89.0 Å². The van der Waals surface area contributed by atoms with Gasteiger partial charge in [-0.3, -0.25) is 9.59 Å². The van der Waals surface area contributed by atoms with E-state index in [9.17, 15) is 30.0 Å². The van der Waals surface area contributed by atoms with E-state index in [2.05, 4.69) is 38.2 Å². The average Bonchev–Trinajstić information content (AvgIpc) is 3.13. The van der Waals surface area contributed by atoms with Gasteiger partial charge in [0, 0.05) is 12.8 Å². The number of rotatable bonds is 33. The van der Waals surface area contributed by atoms with Gasteiger partial charge in [-0.25, -0.2) is 0 Å². The number of unbranched alkanes of at least 4 members (excludes halogenated alkanes) is 18. The van der Waals surface area contributed by atoms with Crippen molar-refractivity contribution in [3.8, 4) is 0 Å². The second kappa shape index (κ2) is 32.8. The van der Waals surface area contributed by atoms with Crippen molar-refractivity contribution < 1.29 is 49.0 Å². The van der Waals surface area contributed by atoms with Gasteiger partial charge in [-0.05, 0) is 44.9 Å². The molecule has 0 aliphatic carbocycles. The zero-order chi connectivity index (χ0) is 37.4. The Morgan fingerprint density at radius 3 is 1.67 bits per heavy atom. The second-order valence-electron chi connectivity index (χ2n) is 14.1. The molecular formula is C41H74O10. The van der Waals surface area contributed by atoms with E-state index in [1.807, 2.05) is 0 Å². The van der Waals surface area contributed by atoms with E-state index in [1.165, 1.54) is 89.9 Å². The maximum absolute atomic E-state index is 12.7. The van der Waals surface area contributed by atoms with Gasteiger partial charge >= 0.3 is 11.9 Å². The number of esters is 2. The predicted octanol–water partition coefficient (Wildman–Crippen LogP) is 7.77. The first kappa shape index (κ1) is 47.2. The van der Waals surface area contributed by atoms with Gasteiger partial charge in [0.1, 0.15) is 31.0 Å². The maximum Gasteiger partial charge on any atom is 0.306 e. The molecule has 2 unspecified atom stereocenters. The Hall–Kier alpha value is -1.82. The number of aliphatic hydroxyl groups is 4. The molecule has 0 bridgehead atoms. The van der Waals surface area contributed by atoms with Gasteiger partial charge in [0.25, 0.3) is 0 Å². The molecule has 1 aliphatic rings. The van der Waals surface area contributed by atoms with Crippen LogP contribution in [0.25, 0.3) is 0 Å². The summed E-state index contributed by atoms with van der Waals surface area (Å²) in [6, 6.07) is 0. The van der Waals surface area contributed by atoms with E-state index in [0.29, 0.717) is 6.42 Å². The Morgan fingerprint density at radius 1 is 0.608 bits per heavy atom. The minimum atomic E-state index is -1.60. The van der Waals surface area contributed by atoms with Crippen molar-refractivity contribution in [2.24, 2.45) is 0 Å². The Balaban J connectivity index is 2.41. The number of carbonyl (C=O) groups is 2. The molecule has 0 radical (unpaired) electrons. The minimum Gasteiger partial charge on any atom is -0.462 e. The summed E-state index contributed by atoms with van der Waals surface area (Å²) in [7, 11) is 0. The average molecular weight is 727 g/mol. The van der Waals surface area contributed by atoms with Gasteiger partial charge in [-0.15, -0.1) is 0 Å². The molecule has 0 spiro atoms. The summed E-state index contributed by atoms with van der Waals surface area (Å²) in [6.07, 6.45) is 26.2. The molecule has 10 nitrogen and oxygen atoms in total. The van der Waals surface area contributed by atoms with Crippen molar-refractivity contribution in [2.75, 3.05) is 19.8 Å². The topological polar surface area (TPSA) is 152 Å². The molecule has 0 amide bonds. The van der Waals surface area contributed by atoms with E-state index in [4.69, 9.17) is 18.9 Å². The number of allylic oxidation sites excluding steroid dienone is 4. The molecule has 0 aromatic rings. The fourth-order valence-corrected chi connectivity index (χ4v) is 6.04. The van der Waals surface area contributed by atoms with Crippen LogP contribution in [0.2, 0.25) is 0 Å². The smallest absolute Gasteiger partial charge is 0.306 e. The largest absolute Gasteiger partial charge is 0.462 e. The molecule has 4 N–H and O–H groups in total. The molecule has 10 heteroatoms. The summed E-state index contributed by atoms with van der Waals surface area (Å²) in [5.74, 6) is -0.843. The van der Waals surface area contributed by atoms with E-state index in [-0.39, 0.29) is 32.0 Å². The maximum atomic E-state index is 12.7. The van der Waals surface area contributed by atoms with Crippen molar-refractivity contribution in [1.29, 1.82) is 0 Å². The highest BCUT2D eigenvalue weighted by atomic mass is 16.7. The van der Waals surface area contributed by atoms with Crippen molar-refractivity contribution in [2.45, 2.75) is 205 Å². The Kier molecular flexibility index (Phi) is 30.4. The molecule has 1 aliphatic heterocycles. The number of hydrogen-bond acceptors (Lipinski definition) is 10. The molecule has 1 heterocycles. The normalized spacial score (nSPS) is 21.4. The Bertz CT molecular complexity index is 892. The fourth-order valence-electron chi connectivity index (χ4n) is 6.04. The van der Waals surface area contributed by atoms with E-state index < -0.39 is 49.4 Å². The predicted molar refractivity (Wildman–Crippen MR) is 201 cm³/mol. The first-order chi connectivity index (χ1) is 24.8. The van der Waals surface area contributed by atoms with Crippen LogP contribution in [0.4, 0.5) is 0 Å². The molecule has 0 aromatic heterocycles. The standard InChI is InChI=1S/C41H74O10/c1-3-5-7-9-11-13-15-16-17-18-20-22-24-26-28-30-37(44)50-34(33-49-41-40(47)39(46)38(45)35(31-42)51-41)32-48-36(43)29-27-25-23-21-19-14-12-10-8-6-4-2/h16-17,20,22,34-35,38-42,45-47H,3-15,18-19,21,23-33H2,1-2H3/b17-16+,22-20+/t34-,35-,38+,39?,40?,41-/m1/s1. The third-order valence-electron chi connectivity index (χ3n) is 9.34. The molecule has 51 heavy (non-hydrogen) atoms. The monoisotopic (exact) mass is 727 g/mol. The van der Waals surface area contributed by atoms with Crippen LogP contribution < -0.4 is 0 Å². The van der Waals surface area contributed by atoms with Gasteiger partial charge in [0.2, 0.25) is 0 Å². The minimum absolute atomic E-state index is 0.190. The number of carbonyl (C=O) groups excluding carboxylic acids is 2. The molecule has 1 rings (SSSR count). The lowest BCUT2D eigenvalue weighted by Gasteiger charge is -2.39. The van der Waals surface area contributed by atoms with Gasteiger partial charge in [0.15, 0.2) is 12.4 Å². The van der Waals surface area contributed by atoms with Crippen LogP contribution in [0, 0.1) is 0 Å². The molecular weight excluding hydrogens is 652 g/mol. The summed E-state index contributed by atoms with van der Waals surface area (Å²) in [6.45, 7) is 3.36. The second-order valence-corrected chi connectivity index (χ2v) is 14.1. The molecule has 1 fully saturated rings. The van der Waals surface area contributed by atoms with Crippen LogP contribution in [0.1, 0.15) is 168 Å². The molecule has 0 aromatic carbocycles. The van der Waals surface area contributed by atoms with Gasteiger partial charge in [-0.2, -0.15) is 0 Å². The number of hydrogen-bond donors (Lipinski definition) is 4. The quantitative estimate of drug-likeness (QED) is 0.0300. The van der Waals surface area contributed by atoms with E-state index >= 15 is 0 Å². The first-order valence-electron chi connectivity index (χ1n) is 20.4. The Labute approximate surface area is 309 Å². The van der Waals surface area contributed by atoms with Crippen molar-refractivity contribution >= 4 is 11.9 Å². The van der Waals surface area contributed by atoms with Crippen molar-refractivity contribution in [1.82, 2.24) is 0 Å². The SMILES string of the molecule is CCCCCCCC/C=C/C/C=C/CCCCC(=O)O[C@H](COC(=O)CCCCCCCCCCCCC)CO[C@@H]1O[C@H](CO)[C@H](O)C(O)C1O. The van der Waals surface area contributed by atoms with E-state index in [0.717, 1.165) is 44.9 Å².